The molecule has 0 radical (unpaired) electrons. The molecule has 1 aliphatic heterocycles. The average molecular weight is 467 g/mol. The maximum atomic E-state index is 13.1. The number of nitrogens with zero attached hydrogens (tertiary/aromatic N) is 3. The Bertz CT molecular complexity index is 1050. The summed E-state index contributed by atoms with van der Waals surface area (Å²) in [5, 5.41) is 7.07. The lowest BCUT2D eigenvalue weighted by Gasteiger charge is -2.30. The number of halogens is 1. The molecule has 0 spiro atoms. The average Bonchev–Trinajstić information content (AvgIpc) is 2.92. The van der Waals surface area contributed by atoms with Crippen molar-refractivity contribution in [2.45, 2.75) is 57.5 Å². The van der Waals surface area contributed by atoms with Crippen molar-refractivity contribution in [2.24, 2.45) is 7.05 Å². The van der Waals surface area contributed by atoms with Crippen LogP contribution in [0.5, 0.6) is 0 Å². The highest BCUT2D eigenvalue weighted by Gasteiger charge is 2.27. The Labute approximate surface area is 189 Å². The van der Waals surface area contributed by atoms with Crippen LogP contribution in [0, 0.1) is 4.78 Å². The molecule has 1 atom stereocenters. The Morgan fingerprint density at radius 3 is 2.29 bits per heavy atom. The van der Waals surface area contributed by atoms with Crippen LogP contribution in [-0.4, -0.2) is 38.0 Å². The largest absolute Gasteiger partial charge is 0.332 e. The van der Waals surface area contributed by atoms with Gasteiger partial charge in [0, 0.05) is 19.3 Å². The molecule has 1 aromatic carbocycles. The van der Waals surface area contributed by atoms with Crippen molar-refractivity contribution < 1.29 is 9.00 Å². The van der Waals surface area contributed by atoms with Gasteiger partial charge in [-0.05, 0) is 42.5 Å². The molecular formula is C21H31ClN6O2S. The number of benzene rings is 1. The first-order valence-electron chi connectivity index (χ1n) is 10.4. The number of nitrogens with one attached hydrogen (secondary N) is 3. The van der Waals surface area contributed by atoms with Crippen LogP contribution >= 0.6 is 11.6 Å². The Morgan fingerprint density at radius 2 is 1.81 bits per heavy atom. The van der Waals surface area contributed by atoms with Crippen LogP contribution in [-0.2, 0) is 23.5 Å². The first-order chi connectivity index (χ1) is 14.5. The van der Waals surface area contributed by atoms with E-state index in [2.05, 4.69) is 20.0 Å². The van der Waals surface area contributed by atoms with Crippen molar-refractivity contribution in [1.29, 1.82) is 4.78 Å². The molecule has 8 nitrogen and oxygen atoms in total. The summed E-state index contributed by atoms with van der Waals surface area (Å²) in [4.78, 5) is 15.0. The third kappa shape index (κ3) is 5.05. The summed E-state index contributed by atoms with van der Waals surface area (Å²) in [5.74, 6) is 0.368. The highest BCUT2D eigenvalue weighted by atomic mass is 35.5. The number of rotatable bonds is 7. The summed E-state index contributed by atoms with van der Waals surface area (Å²) in [5.41, 5.74) is 3.33. The zero-order valence-corrected chi connectivity index (χ0v) is 20.2. The molecule has 1 aromatic heterocycles. The van der Waals surface area contributed by atoms with Crippen LogP contribution < -0.4 is 10.0 Å². The SMILES string of the molecule is CC(C)c1cccc(C(C)C)c1NC(=O)NS(=N)(=O)c1nn(C)c(CN2CCC2)c1Cl. The van der Waals surface area contributed by atoms with E-state index in [-0.39, 0.29) is 21.9 Å². The molecule has 1 fully saturated rings. The molecule has 0 saturated carbocycles. The lowest BCUT2D eigenvalue weighted by molar-refractivity contribution is 0.168. The van der Waals surface area contributed by atoms with Crippen LogP contribution in [0.4, 0.5) is 10.5 Å². The summed E-state index contributed by atoms with van der Waals surface area (Å²) >= 11 is 6.44. The number of aryl methyl sites for hydroxylation is 1. The third-order valence-corrected chi connectivity index (χ3v) is 7.33. The summed E-state index contributed by atoms with van der Waals surface area (Å²) in [6, 6.07) is 5.17. The zero-order valence-electron chi connectivity index (χ0n) is 18.7. The van der Waals surface area contributed by atoms with Crippen LogP contribution in [0.2, 0.25) is 5.02 Å². The number of urea groups is 1. The molecule has 2 amide bonds. The zero-order chi connectivity index (χ0) is 22.9. The van der Waals surface area contributed by atoms with Crippen LogP contribution in [0.1, 0.15) is 62.8 Å². The molecule has 1 aliphatic rings. The van der Waals surface area contributed by atoms with E-state index in [0.29, 0.717) is 17.9 Å². The fourth-order valence-corrected chi connectivity index (χ4v) is 5.19. The van der Waals surface area contributed by atoms with Gasteiger partial charge in [-0.3, -0.25) is 9.58 Å². The number of carbonyl (C=O) groups is 1. The van der Waals surface area contributed by atoms with Crippen molar-refractivity contribution >= 4 is 33.2 Å². The van der Waals surface area contributed by atoms with Gasteiger partial charge in [0.1, 0.15) is 5.02 Å². The highest BCUT2D eigenvalue weighted by molar-refractivity contribution is 7.91. The molecule has 0 aliphatic carbocycles. The maximum absolute atomic E-state index is 13.1. The van der Waals surface area contributed by atoms with Gasteiger partial charge in [0.05, 0.1) is 5.69 Å². The normalized spacial score (nSPS) is 16.3. The smallest absolute Gasteiger partial charge is 0.307 e. The minimum atomic E-state index is -3.75. The number of hydrogen-bond donors (Lipinski definition) is 3. The number of likely N-dealkylation sites (tertiary alicyclic amines) is 1. The number of hydrogen-bond acceptors (Lipinski definition) is 5. The first kappa shape index (κ1) is 23.6. The minimum absolute atomic E-state index is 0.122. The van der Waals surface area contributed by atoms with Gasteiger partial charge >= 0.3 is 6.03 Å². The molecule has 170 valence electrons. The maximum Gasteiger partial charge on any atom is 0.332 e. The number of carbonyl (C=O) groups excluding carboxylic acids is 1. The van der Waals surface area contributed by atoms with Gasteiger partial charge in [0.2, 0.25) is 0 Å². The molecule has 1 unspecified atom stereocenters. The minimum Gasteiger partial charge on any atom is -0.307 e. The first-order valence-corrected chi connectivity index (χ1v) is 12.4. The standard InChI is InChI=1S/C21H31ClN6O2S/c1-13(2)15-8-6-9-16(14(3)4)19(15)24-21(29)26-31(23,30)20-18(22)17(27(5)25-20)12-28-10-7-11-28/h6,8-9,13-14H,7,10-12H2,1-5H3,(H3,23,24,26,29,30). The number of para-hydroxylation sites is 1. The fourth-order valence-electron chi connectivity index (χ4n) is 3.63. The monoisotopic (exact) mass is 466 g/mol. The molecule has 3 N–H and O–H groups in total. The topological polar surface area (TPSA) is 103 Å². The molecule has 3 rings (SSSR count). The van der Waals surface area contributed by atoms with Gasteiger partial charge in [-0.25, -0.2) is 18.5 Å². The van der Waals surface area contributed by atoms with Gasteiger partial charge in [-0.15, -0.1) is 0 Å². The van der Waals surface area contributed by atoms with Gasteiger partial charge in [0.25, 0.3) is 0 Å². The Balaban J connectivity index is 1.83. The molecule has 1 saturated heterocycles. The van der Waals surface area contributed by atoms with Crippen LogP contribution in [0.3, 0.4) is 0 Å². The summed E-state index contributed by atoms with van der Waals surface area (Å²) < 4.78 is 25.2. The van der Waals surface area contributed by atoms with E-state index in [9.17, 15) is 9.00 Å². The second kappa shape index (κ2) is 9.18. The van der Waals surface area contributed by atoms with Crippen molar-refractivity contribution in [3.63, 3.8) is 0 Å². The Kier molecular flexibility index (Phi) is 6.98. The molecule has 2 heterocycles. The number of aromatic nitrogens is 2. The van der Waals surface area contributed by atoms with Crippen LogP contribution in [0.15, 0.2) is 23.2 Å². The van der Waals surface area contributed by atoms with E-state index in [1.807, 2.05) is 45.9 Å². The van der Waals surface area contributed by atoms with Crippen molar-refractivity contribution in [3.05, 3.63) is 40.0 Å². The lowest BCUT2D eigenvalue weighted by atomic mass is 9.93. The van der Waals surface area contributed by atoms with E-state index in [0.717, 1.165) is 30.6 Å². The molecular weight excluding hydrogens is 436 g/mol. The van der Waals surface area contributed by atoms with Gasteiger partial charge in [-0.1, -0.05) is 57.5 Å². The Hall–Kier alpha value is -2.10. The van der Waals surface area contributed by atoms with E-state index in [1.165, 1.54) is 4.68 Å². The van der Waals surface area contributed by atoms with Crippen molar-refractivity contribution in [1.82, 2.24) is 19.4 Å². The second-order valence-corrected chi connectivity index (χ2v) is 10.6. The number of amides is 2. The van der Waals surface area contributed by atoms with E-state index >= 15 is 0 Å². The van der Waals surface area contributed by atoms with Crippen LogP contribution in [0.25, 0.3) is 0 Å². The highest BCUT2D eigenvalue weighted by Crippen LogP contribution is 2.32. The molecule has 31 heavy (non-hydrogen) atoms. The van der Waals surface area contributed by atoms with Crippen molar-refractivity contribution in [2.75, 3.05) is 18.4 Å². The molecule has 2 aromatic rings. The van der Waals surface area contributed by atoms with E-state index in [1.54, 1.807) is 7.05 Å². The second-order valence-electron chi connectivity index (χ2n) is 8.55. The van der Waals surface area contributed by atoms with Gasteiger partial charge < -0.3 is 5.32 Å². The predicted molar refractivity (Wildman–Crippen MR) is 124 cm³/mol. The summed E-state index contributed by atoms with van der Waals surface area (Å²) in [6.07, 6.45) is 1.13. The number of anilines is 1. The van der Waals surface area contributed by atoms with Crippen molar-refractivity contribution in [3.8, 4) is 0 Å². The molecule has 10 heteroatoms. The van der Waals surface area contributed by atoms with Gasteiger partial charge in [-0.2, -0.15) is 5.10 Å². The molecule has 0 bridgehead atoms. The van der Waals surface area contributed by atoms with E-state index < -0.39 is 15.9 Å². The fraction of sp³-hybridized carbons (Fsp3) is 0.524. The van der Waals surface area contributed by atoms with E-state index in [4.69, 9.17) is 16.4 Å². The Morgan fingerprint density at radius 1 is 1.23 bits per heavy atom. The lowest BCUT2D eigenvalue weighted by Crippen LogP contribution is -2.37. The van der Waals surface area contributed by atoms with Gasteiger partial charge in [0.15, 0.2) is 14.9 Å². The summed E-state index contributed by atoms with van der Waals surface area (Å²) in [7, 11) is -2.04. The third-order valence-electron chi connectivity index (χ3n) is 5.51. The quantitative estimate of drug-likeness (QED) is 0.551. The summed E-state index contributed by atoms with van der Waals surface area (Å²) in [6.45, 7) is 10.7. The predicted octanol–water partition coefficient (Wildman–Crippen LogP) is 4.67.